The summed E-state index contributed by atoms with van der Waals surface area (Å²) in [5.74, 6) is 0.368. The molecular weight excluding hydrogens is 506 g/mol. The molecule has 1 amide bonds. The van der Waals surface area contributed by atoms with Gasteiger partial charge in [0.25, 0.3) is 0 Å². The van der Waals surface area contributed by atoms with E-state index >= 15 is 0 Å². The van der Waals surface area contributed by atoms with Gasteiger partial charge in [-0.1, -0.05) is 72.8 Å². The fraction of sp³-hybridized carbons (Fsp3) is 0.406. The van der Waals surface area contributed by atoms with Gasteiger partial charge in [0.05, 0.1) is 11.3 Å². The Morgan fingerprint density at radius 3 is 1.97 bits per heavy atom. The molecule has 1 saturated heterocycles. The zero-order valence-corrected chi connectivity index (χ0v) is 23.5. The van der Waals surface area contributed by atoms with Crippen molar-refractivity contribution in [2.75, 3.05) is 26.7 Å². The summed E-state index contributed by atoms with van der Waals surface area (Å²) in [6.45, 7) is 2.98. The monoisotopic (exact) mass is 545 g/mol. The van der Waals surface area contributed by atoms with Crippen LogP contribution in [-0.4, -0.2) is 62.3 Å². The van der Waals surface area contributed by atoms with Crippen LogP contribution < -0.4 is 5.32 Å². The Kier molecular flexibility index (Phi) is 8.80. The number of hydrogen-bond acceptors (Lipinski definition) is 4. The molecule has 1 aliphatic heterocycles. The Balaban J connectivity index is 1.08. The van der Waals surface area contributed by atoms with Gasteiger partial charge in [0.15, 0.2) is 0 Å². The van der Waals surface area contributed by atoms with Gasteiger partial charge in [-0.15, -0.1) is 0 Å². The van der Waals surface area contributed by atoms with Crippen molar-refractivity contribution in [2.24, 2.45) is 0 Å². The van der Waals surface area contributed by atoms with Gasteiger partial charge in [0, 0.05) is 38.1 Å². The van der Waals surface area contributed by atoms with Gasteiger partial charge in [-0.2, -0.15) is 4.31 Å². The summed E-state index contributed by atoms with van der Waals surface area (Å²) >= 11 is 0. The molecule has 0 radical (unpaired) electrons. The minimum absolute atomic E-state index is 0.00706. The molecule has 1 aliphatic carbocycles. The van der Waals surface area contributed by atoms with E-state index in [1.165, 1.54) is 15.4 Å². The van der Waals surface area contributed by atoms with Crippen LogP contribution in [0, 0.1) is 0 Å². The van der Waals surface area contributed by atoms with Crippen molar-refractivity contribution in [3.8, 4) is 0 Å². The van der Waals surface area contributed by atoms with E-state index in [2.05, 4.69) is 70.9 Å². The number of sulfonamides is 1. The van der Waals surface area contributed by atoms with Crippen LogP contribution in [0.5, 0.6) is 0 Å². The number of likely N-dealkylation sites (tertiary alicyclic amines) is 1. The molecule has 1 N–H and O–H groups in total. The van der Waals surface area contributed by atoms with Crippen LogP contribution >= 0.6 is 0 Å². The average molecular weight is 546 g/mol. The molecule has 206 valence electrons. The highest BCUT2D eigenvalue weighted by Gasteiger charge is 2.35. The largest absolute Gasteiger partial charge is 0.353 e. The third kappa shape index (κ3) is 7.15. The molecule has 2 fully saturated rings. The molecule has 3 aromatic carbocycles. The van der Waals surface area contributed by atoms with Gasteiger partial charge >= 0.3 is 0 Å². The number of carbonyl (C=O) groups is 1. The van der Waals surface area contributed by atoms with Crippen molar-refractivity contribution in [1.82, 2.24) is 14.5 Å². The first-order valence-electron chi connectivity index (χ1n) is 14.1. The summed E-state index contributed by atoms with van der Waals surface area (Å²) in [5.41, 5.74) is 3.53. The molecule has 0 spiro atoms. The second-order valence-corrected chi connectivity index (χ2v) is 12.9. The maximum atomic E-state index is 12.7. The second-order valence-electron chi connectivity index (χ2n) is 10.9. The lowest BCUT2D eigenvalue weighted by Crippen LogP contribution is -2.45. The van der Waals surface area contributed by atoms with E-state index in [4.69, 9.17) is 0 Å². The van der Waals surface area contributed by atoms with Crippen LogP contribution in [0.1, 0.15) is 54.7 Å². The summed E-state index contributed by atoms with van der Waals surface area (Å²) in [6, 6.07) is 28.5. The van der Waals surface area contributed by atoms with Crippen molar-refractivity contribution in [3.05, 3.63) is 102 Å². The lowest BCUT2D eigenvalue weighted by Gasteiger charge is -2.33. The molecule has 3 aromatic rings. The topological polar surface area (TPSA) is 69.7 Å². The first-order valence-corrected chi connectivity index (χ1v) is 15.5. The Morgan fingerprint density at radius 1 is 0.872 bits per heavy atom. The van der Waals surface area contributed by atoms with Crippen molar-refractivity contribution < 1.29 is 13.2 Å². The average Bonchev–Trinajstić information content (AvgIpc) is 3.81. The van der Waals surface area contributed by atoms with E-state index in [9.17, 15) is 13.2 Å². The highest BCUT2D eigenvalue weighted by atomic mass is 32.2. The molecule has 0 atom stereocenters. The Morgan fingerprint density at radius 2 is 1.44 bits per heavy atom. The lowest BCUT2D eigenvalue weighted by molar-refractivity contribution is -0.121. The molecule has 0 unspecified atom stereocenters. The molecule has 0 bridgehead atoms. The third-order valence-electron chi connectivity index (χ3n) is 8.12. The predicted octanol–water partition coefficient (Wildman–Crippen LogP) is 4.81. The van der Waals surface area contributed by atoms with E-state index in [1.807, 2.05) is 0 Å². The molecule has 0 aromatic heterocycles. The zero-order valence-electron chi connectivity index (χ0n) is 22.7. The van der Waals surface area contributed by atoms with E-state index in [0.717, 1.165) is 57.3 Å². The van der Waals surface area contributed by atoms with Crippen LogP contribution in [0.4, 0.5) is 0 Å². The zero-order chi connectivity index (χ0) is 27.2. The molecule has 2 aliphatic rings. The molecule has 6 nitrogen and oxygen atoms in total. The van der Waals surface area contributed by atoms with Gasteiger partial charge in [0.1, 0.15) is 0 Å². The van der Waals surface area contributed by atoms with Crippen LogP contribution in [0.2, 0.25) is 0 Å². The molecule has 7 heteroatoms. The van der Waals surface area contributed by atoms with Crippen LogP contribution in [0.15, 0.2) is 89.8 Å². The lowest BCUT2D eigenvalue weighted by atomic mass is 9.88. The first kappa shape index (κ1) is 27.6. The van der Waals surface area contributed by atoms with Crippen molar-refractivity contribution in [2.45, 2.75) is 61.4 Å². The maximum Gasteiger partial charge on any atom is 0.243 e. The van der Waals surface area contributed by atoms with Gasteiger partial charge in [-0.05, 0) is 67.5 Å². The minimum atomic E-state index is -3.46. The quantitative estimate of drug-likeness (QED) is 0.375. The summed E-state index contributed by atoms with van der Waals surface area (Å²) in [6.07, 6.45) is 5.06. The molecule has 39 heavy (non-hydrogen) atoms. The molecule has 1 saturated carbocycles. The van der Waals surface area contributed by atoms with Gasteiger partial charge in [-0.3, -0.25) is 4.79 Å². The van der Waals surface area contributed by atoms with E-state index in [0.29, 0.717) is 5.92 Å². The van der Waals surface area contributed by atoms with Crippen molar-refractivity contribution in [1.29, 1.82) is 0 Å². The third-order valence-corrected chi connectivity index (χ3v) is 10.0. The highest BCUT2D eigenvalue weighted by molar-refractivity contribution is 7.89. The van der Waals surface area contributed by atoms with Gasteiger partial charge < -0.3 is 10.2 Å². The molecule has 5 rings (SSSR count). The number of carbonyl (C=O) groups excluding carboxylic acids is 1. The van der Waals surface area contributed by atoms with Crippen molar-refractivity contribution in [3.63, 3.8) is 0 Å². The Bertz CT molecular complexity index is 1280. The summed E-state index contributed by atoms with van der Waals surface area (Å²) < 4.78 is 26.9. The van der Waals surface area contributed by atoms with Gasteiger partial charge in [-0.25, -0.2) is 8.42 Å². The summed E-state index contributed by atoms with van der Waals surface area (Å²) in [5, 5.41) is 3.20. The molecular formula is C32H39N3O3S. The van der Waals surface area contributed by atoms with Crippen molar-refractivity contribution >= 4 is 15.9 Å². The number of nitrogens with zero attached hydrogens (tertiary/aromatic N) is 2. The van der Waals surface area contributed by atoms with Crippen LogP contribution in [0.3, 0.4) is 0 Å². The normalized spacial score (nSPS) is 17.0. The molecule has 1 heterocycles. The SMILES string of the molecule is CN(C1CC1)S(=O)(=O)c1ccc(CC(=O)NC2CCN(CCC(c3ccccc3)c3ccccc3)CC2)cc1. The number of rotatable bonds is 11. The fourth-order valence-corrected chi connectivity index (χ4v) is 6.97. The number of benzene rings is 3. The summed E-state index contributed by atoms with van der Waals surface area (Å²) in [7, 11) is -1.82. The first-order chi connectivity index (χ1) is 18.9. The highest BCUT2D eigenvalue weighted by Crippen LogP contribution is 2.31. The number of piperidine rings is 1. The van der Waals surface area contributed by atoms with E-state index in [1.54, 1.807) is 31.3 Å². The Hall–Kier alpha value is -3.00. The second kappa shape index (κ2) is 12.5. The predicted molar refractivity (Wildman–Crippen MR) is 155 cm³/mol. The number of hydrogen-bond donors (Lipinski definition) is 1. The Labute approximate surface area is 233 Å². The van der Waals surface area contributed by atoms with Crippen LogP contribution in [0.25, 0.3) is 0 Å². The maximum absolute atomic E-state index is 12.7. The van der Waals surface area contributed by atoms with E-state index in [-0.39, 0.29) is 29.3 Å². The van der Waals surface area contributed by atoms with Gasteiger partial charge in [0.2, 0.25) is 15.9 Å². The number of nitrogens with one attached hydrogen (secondary N) is 1. The smallest absolute Gasteiger partial charge is 0.243 e. The van der Waals surface area contributed by atoms with E-state index < -0.39 is 10.0 Å². The standard InChI is InChI=1S/C32H39N3O3S/c1-34(29-14-15-29)39(37,38)30-16-12-25(13-17-30)24-32(36)33-28-18-21-35(22-19-28)23-20-31(26-8-4-2-5-9-26)27-10-6-3-7-11-27/h2-13,16-17,28-29,31H,14-15,18-24H2,1H3,(H,33,36). The van der Waals surface area contributed by atoms with Crippen LogP contribution in [-0.2, 0) is 21.2 Å². The minimum Gasteiger partial charge on any atom is -0.353 e. The fourth-order valence-electron chi connectivity index (χ4n) is 5.55. The number of amides is 1. The summed E-state index contributed by atoms with van der Waals surface area (Å²) in [4.78, 5) is 15.5.